The predicted molar refractivity (Wildman–Crippen MR) is 84.9 cm³/mol. The first kappa shape index (κ1) is 14.4. The van der Waals surface area contributed by atoms with E-state index in [0.29, 0.717) is 5.69 Å². The molecule has 0 aromatic heterocycles. The summed E-state index contributed by atoms with van der Waals surface area (Å²) in [6.45, 7) is 1.78. The number of halogens is 1. The first-order valence-corrected chi connectivity index (χ1v) is 6.87. The van der Waals surface area contributed by atoms with Gasteiger partial charge in [-0.2, -0.15) is 0 Å². The Balaban J connectivity index is 2.31. The molecule has 0 saturated heterocycles. The Kier molecular flexibility index (Phi) is 4.33. The molecule has 0 atom stereocenters. The van der Waals surface area contributed by atoms with Gasteiger partial charge in [0.05, 0.1) is 4.92 Å². The molecule has 0 fully saturated rings. The quantitative estimate of drug-likeness (QED) is 0.499. The van der Waals surface area contributed by atoms with Crippen molar-refractivity contribution in [1.29, 1.82) is 0 Å². The van der Waals surface area contributed by atoms with E-state index >= 15 is 0 Å². The van der Waals surface area contributed by atoms with Crippen LogP contribution in [-0.4, -0.2) is 10.8 Å². The van der Waals surface area contributed by atoms with Gasteiger partial charge in [-0.1, -0.05) is 6.07 Å². The zero-order chi connectivity index (χ0) is 14.7. The number of carbonyl (C=O) groups excluding carboxylic acids is 1. The van der Waals surface area contributed by atoms with Crippen molar-refractivity contribution in [2.24, 2.45) is 0 Å². The third-order valence-electron chi connectivity index (χ3n) is 2.70. The number of nitrogens with one attached hydrogen (secondary N) is 1. The lowest BCUT2D eigenvalue weighted by atomic mass is 10.1. The Labute approximate surface area is 129 Å². The summed E-state index contributed by atoms with van der Waals surface area (Å²) < 4.78 is 1.04. The second-order valence-corrected chi connectivity index (χ2v) is 5.48. The number of amides is 1. The van der Waals surface area contributed by atoms with Gasteiger partial charge < -0.3 is 5.32 Å². The Morgan fingerprint density at radius 2 is 1.85 bits per heavy atom. The van der Waals surface area contributed by atoms with Gasteiger partial charge in [0.15, 0.2) is 0 Å². The van der Waals surface area contributed by atoms with Crippen LogP contribution in [0.5, 0.6) is 0 Å². The molecule has 0 aliphatic heterocycles. The number of nitro benzene ring substituents is 1. The van der Waals surface area contributed by atoms with Crippen molar-refractivity contribution in [3.8, 4) is 0 Å². The number of rotatable bonds is 3. The van der Waals surface area contributed by atoms with E-state index in [1.165, 1.54) is 12.1 Å². The minimum atomic E-state index is -0.553. The molecule has 0 saturated carbocycles. The highest BCUT2D eigenvalue weighted by atomic mass is 127. The highest BCUT2D eigenvalue weighted by Gasteiger charge is 2.20. The van der Waals surface area contributed by atoms with E-state index in [-0.39, 0.29) is 11.3 Å². The highest BCUT2D eigenvalue weighted by molar-refractivity contribution is 14.1. The predicted octanol–water partition coefficient (Wildman–Crippen LogP) is 3.76. The second kappa shape index (κ2) is 6.00. The summed E-state index contributed by atoms with van der Waals surface area (Å²) in [5.41, 5.74) is 1.27. The number of anilines is 1. The molecule has 2 aromatic carbocycles. The van der Waals surface area contributed by atoms with Gasteiger partial charge in [-0.05, 0) is 65.4 Å². The zero-order valence-corrected chi connectivity index (χ0v) is 12.7. The van der Waals surface area contributed by atoms with Gasteiger partial charge in [-0.25, -0.2) is 0 Å². The molecule has 0 heterocycles. The average molecular weight is 382 g/mol. The summed E-state index contributed by atoms with van der Waals surface area (Å²) in [5, 5.41) is 13.6. The summed E-state index contributed by atoms with van der Waals surface area (Å²) in [7, 11) is 0. The van der Waals surface area contributed by atoms with Crippen LogP contribution in [0.2, 0.25) is 0 Å². The summed E-state index contributed by atoms with van der Waals surface area (Å²) >= 11 is 2.16. The molecule has 102 valence electrons. The first-order chi connectivity index (χ1) is 9.47. The summed E-state index contributed by atoms with van der Waals surface area (Å²) in [5.74, 6) is -0.485. The monoisotopic (exact) mass is 382 g/mol. The van der Waals surface area contributed by atoms with Crippen LogP contribution in [0.25, 0.3) is 0 Å². The maximum absolute atomic E-state index is 12.2. The van der Waals surface area contributed by atoms with E-state index in [1.807, 2.05) is 12.1 Å². The Hall–Kier alpha value is -1.96. The summed E-state index contributed by atoms with van der Waals surface area (Å²) in [6, 6.07) is 11.7. The zero-order valence-electron chi connectivity index (χ0n) is 10.6. The standard InChI is InChI=1S/C14H11IN2O3/c1-9-2-7-13(17(19)20)12(8-9)14(18)16-11-5-3-10(15)4-6-11/h2-8H,1H3,(H,16,18). The van der Waals surface area contributed by atoms with Gasteiger partial charge in [-0.15, -0.1) is 0 Å². The molecule has 0 radical (unpaired) electrons. The van der Waals surface area contributed by atoms with E-state index < -0.39 is 10.8 Å². The van der Waals surface area contributed by atoms with Crippen LogP contribution < -0.4 is 5.32 Å². The van der Waals surface area contributed by atoms with Crippen molar-refractivity contribution >= 4 is 39.9 Å². The van der Waals surface area contributed by atoms with Crippen LogP contribution in [0.1, 0.15) is 15.9 Å². The minimum absolute atomic E-state index is 0.0635. The first-order valence-electron chi connectivity index (χ1n) is 5.79. The van der Waals surface area contributed by atoms with Crippen LogP contribution >= 0.6 is 22.6 Å². The highest BCUT2D eigenvalue weighted by Crippen LogP contribution is 2.21. The van der Waals surface area contributed by atoms with Crippen molar-refractivity contribution in [1.82, 2.24) is 0 Å². The van der Waals surface area contributed by atoms with E-state index in [2.05, 4.69) is 27.9 Å². The van der Waals surface area contributed by atoms with E-state index in [0.717, 1.165) is 9.13 Å². The van der Waals surface area contributed by atoms with Crippen LogP contribution in [0, 0.1) is 20.6 Å². The molecule has 0 bridgehead atoms. The molecule has 1 amide bonds. The molecular weight excluding hydrogens is 371 g/mol. The molecule has 6 heteroatoms. The SMILES string of the molecule is Cc1ccc([N+](=O)[O-])c(C(=O)Nc2ccc(I)cc2)c1. The average Bonchev–Trinajstić information content (AvgIpc) is 2.41. The third-order valence-corrected chi connectivity index (χ3v) is 3.41. The lowest BCUT2D eigenvalue weighted by Crippen LogP contribution is -2.14. The summed E-state index contributed by atoms with van der Waals surface area (Å²) in [4.78, 5) is 22.6. The smallest absolute Gasteiger partial charge is 0.282 e. The lowest BCUT2D eigenvalue weighted by molar-refractivity contribution is -0.385. The maximum Gasteiger partial charge on any atom is 0.282 e. The molecule has 0 unspecified atom stereocenters. The third kappa shape index (κ3) is 3.32. The molecule has 2 aromatic rings. The number of nitrogens with zero attached hydrogens (tertiary/aromatic N) is 1. The number of benzene rings is 2. The molecular formula is C14H11IN2O3. The van der Waals surface area contributed by atoms with Crippen LogP contribution in [0.3, 0.4) is 0 Å². The van der Waals surface area contributed by atoms with E-state index in [1.54, 1.807) is 25.1 Å². The van der Waals surface area contributed by atoms with Crippen molar-refractivity contribution in [2.75, 3.05) is 5.32 Å². The number of aryl methyl sites for hydroxylation is 1. The van der Waals surface area contributed by atoms with Crippen molar-refractivity contribution in [3.05, 3.63) is 67.3 Å². The molecule has 2 rings (SSSR count). The van der Waals surface area contributed by atoms with Crippen LogP contribution in [0.4, 0.5) is 11.4 Å². The van der Waals surface area contributed by atoms with Crippen LogP contribution in [-0.2, 0) is 0 Å². The maximum atomic E-state index is 12.2. The largest absolute Gasteiger partial charge is 0.322 e. The number of hydrogen-bond donors (Lipinski definition) is 1. The van der Waals surface area contributed by atoms with Crippen molar-refractivity contribution < 1.29 is 9.72 Å². The van der Waals surface area contributed by atoms with Crippen molar-refractivity contribution in [2.45, 2.75) is 6.92 Å². The molecule has 0 aliphatic rings. The topological polar surface area (TPSA) is 72.2 Å². The van der Waals surface area contributed by atoms with Gasteiger partial charge in [0, 0.05) is 15.3 Å². The molecule has 0 spiro atoms. The second-order valence-electron chi connectivity index (χ2n) is 4.24. The Bertz CT molecular complexity index is 669. The lowest BCUT2D eigenvalue weighted by Gasteiger charge is -2.06. The minimum Gasteiger partial charge on any atom is -0.322 e. The van der Waals surface area contributed by atoms with Gasteiger partial charge in [0.25, 0.3) is 11.6 Å². The van der Waals surface area contributed by atoms with Crippen molar-refractivity contribution in [3.63, 3.8) is 0 Å². The van der Waals surface area contributed by atoms with Gasteiger partial charge in [0.1, 0.15) is 5.56 Å². The molecule has 5 nitrogen and oxygen atoms in total. The van der Waals surface area contributed by atoms with Crippen LogP contribution in [0.15, 0.2) is 42.5 Å². The molecule has 0 aliphatic carbocycles. The van der Waals surface area contributed by atoms with Gasteiger partial charge in [-0.3, -0.25) is 14.9 Å². The Morgan fingerprint density at radius 3 is 2.45 bits per heavy atom. The molecule has 20 heavy (non-hydrogen) atoms. The summed E-state index contributed by atoms with van der Waals surface area (Å²) in [6.07, 6.45) is 0. The van der Waals surface area contributed by atoms with Gasteiger partial charge in [0.2, 0.25) is 0 Å². The fourth-order valence-corrected chi connectivity index (χ4v) is 2.08. The van der Waals surface area contributed by atoms with E-state index in [9.17, 15) is 14.9 Å². The number of nitro groups is 1. The number of carbonyl (C=O) groups is 1. The molecule has 1 N–H and O–H groups in total. The Morgan fingerprint density at radius 1 is 1.20 bits per heavy atom. The fraction of sp³-hybridized carbons (Fsp3) is 0.0714. The van der Waals surface area contributed by atoms with E-state index in [4.69, 9.17) is 0 Å². The number of hydrogen-bond acceptors (Lipinski definition) is 3. The normalized spacial score (nSPS) is 10.1. The fourth-order valence-electron chi connectivity index (χ4n) is 1.72. The van der Waals surface area contributed by atoms with Gasteiger partial charge >= 0.3 is 0 Å².